The van der Waals surface area contributed by atoms with Gasteiger partial charge in [0.1, 0.15) is 11.6 Å². The summed E-state index contributed by atoms with van der Waals surface area (Å²) in [6.45, 7) is 7.23. The van der Waals surface area contributed by atoms with Gasteiger partial charge in [0.25, 0.3) is 0 Å². The van der Waals surface area contributed by atoms with E-state index in [2.05, 4.69) is 23.7 Å². The lowest BCUT2D eigenvalue weighted by Gasteiger charge is -2.31. The standard InChI is InChI=1S/C28H30FN5O/c1-19(2)15-16-30-28(35)33-18-24-20(3)31-34(23-8-5-4-6-9-23)27(24)32-17-7-10-25(32)26(33)21-11-13-22(29)14-12-21/h4-14,17,19,26H,15-16,18H2,1-3H3,(H,30,35)/t26-/m1/s1. The number of halogens is 1. The third-order valence-electron chi connectivity index (χ3n) is 6.53. The summed E-state index contributed by atoms with van der Waals surface area (Å²) in [5.74, 6) is 1.10. The minimum Gasteiger partial charge on any atom is -0.338 e. The van der Waals surface area contributed by atoms with Crippen LogP contribution in [0.3, 0.4) is 0 Å². The van der Waals surface area contributed by atoms with Crippen LogP contribution in [0.2, 0.25) is 0 Å². The molecule has 2 aromatic heterocycles. The fourth-order valence-corrected chi connectivity index (χ4v) is 4.71. The Morgan fingerprint density at radius 2 is 1.83 bits per heavy atom. The minimum absolute atomic E-state index is 0.146. The number of aromatic nitrogens is 3. The van der Waals surface area contributed by atoms with Crippen LogP contribution in [0.1, 0.15) is 48.8 Å². The van der Waals surface area contributed by atoms with Crippen LogP contribution in [0.4, 0.5) is 9.18 Å². The predicted octanol–water partition coefficient (Wildman–Crippen LogP) is 5.77. The van der Waals surface area contributed by atoms with Gasteiger partial charge in [0.05, 0.1) is 29.7 Å². The number of fused-ring (bicyclic) bond motifs is 3. The number of hydrogen-bond acceptors (Lipinski definition) is 2. The van der Waals surface area contributed by atoms with Gasteiger partial charge in [-0.2, -0.15) is 5.10 Å². The first-order valence-corrected chi connectivity index (χ1v) is 12.1. The molecule has 7 heteroatoms. The number of carbonyl (C=O) groups is 1. The highest BCUT2D eigenvalue weighted by Gasteiger charge is 2.35. The number of nitrogens with one attached hydrogen (secondary N) is 1. The third-order valence-corrected chi connectivity index (χ3v) is 6.53. The van der Waals surface area contributed by atoms with Gasteiger partial charge in [0.15, 0.2) is 0 Å². The summed E-state index contributed by atoms with van der Waals surface area (Å²) in [4.78, 5) is 15.5. The van der Waals surface area contributed by atoms with Crippen molar-refractivity contribution in [1.82, 2.24) is 24.6 Å². The lowest BCUT2D eigenvalue weighted by Crippen LogP contribution is -2.42. The first kappa shape index (κ1) is 22.9. The van der Waals surface area contributed by atoms with Crippen LogP contribution in [0.5, 0.6) is 0 Å². The molecule has 2 aromatic carbocycles. The van der Waals surface area contributed by atoms with Crippen molar-refractivity contribution in [3.8, 4) is 11.5 Å². The predicted molar refractivity (Wildman–Crippen MR) is 134 cm³/mol. The zero-order valence-electron chi connectivity index (χ0n) is 20.3. The third kappa shape index (κ3) is 4.34. The second-order valence-electron chi connectivity index (χ2n) is 9.43. The van der Waals surface area contributed by atoms with Crippen LogP contribution in [0.15, 0.2) is 72.9 Å². The number of aryl methyl sites for hydroxylation is 1. The molecule has 0 saturated heterocycles. The molecule has 5 rings (SSSR count). The van der Waals surface area contributed by atoms with Crippen LogP contribution in [0, 0.1) is 18.7 Å². The SMILES string of the molecule is Cc1nn(-c2ccccc2)c2c1CN(C(=O)NCCC(C)C)[C@H](c1ccc(F)cc1)c1cccn1-2. The number of hydrogen-bond donors (Lipinski definition) is 1. The van der Waals surface area contributed by atoms with Gasteiger partial charge in [-0.3, -0.25) is 0 Å². The molecule has 0 aliphatic carbocycles. The Morgan fingerprint density at radius 1 is 1.09 bits per heavy atom. The summed E-state index contributed by atoms with van der Waals surface area (Å²) in [5, 5.41) is 7.97. The molecule has 35 heavy (non-hydrogen) atoms. The minimum atomic E-state index is -0.388. The molecule has 0 spiro atoms. The van der Waals surface area contributed by atoms with Crippen LogP contribution >= 0.6 is 0 Å². The highest BCUT2D eigenvalue weighted by molar-refractivity contribution is 5.76. The molecule has 180 valence electrons. The summed E-state index contributed by atoms with van der Waals surface area (Å²) < 4.78 is 17.9. The molecule has 1 aliphatic rings. The van der Waals surface area contributed by atoms with E-state index in [0.717, 1.165) is 40.4 Å². The summed E-state index contributed by atoms with van der Waals surface area (Å²) in [5.41, 5.74) is 4.57. The molecule has 1 aliphatic heterocycles. The van der Waals surface area contributed by atoms with Gasteiger partial charge in [-0.15, -0.1) is 0 Å². The highest BCUT2D eigenvalue weighted by Crippen LogP contribution is 2.38. The molecule has 1 N–H and O–H groups in total. The van der Waals surface area contributed by atoms with E-state index in [1.54, 1.807) is 12.1 Å². The molecule has 2 amide bonds. The van der Waals surface area contributed by atoms with E-state index in [-0.39, 0.29) is 17.9 Å². The van der Waals surface area contributed by atoms with Crippen molar-refractivity contribution in [3.63, 3.8) is 0 Å². The molecule has 6 nitrogen and oxygen atoms in total. The number of rotatable bonds is 5. The lowest BCUT2D eigenvalue weighted by molar-refractivity contribution is 0.180. The van der Waals surface area contributed by atoms with Crippen LogP contribution < -0.4 is 5.32 Å². The van der Waals surface area contributed by atoms with E-state index in [4.69, 9.17) is 5.10 Å². The summed E-state index contributed by atoms with van der Waals surface area (Å²) in [6, 6.07) is 19.9. The average molecular weight is 472 g/mol. The number of carbonyl (C=O) groups excluding carboxylic acids is 1. The van der Waals surface area contributed by atoms with Gasteiger partial charge in [-0.25, -0.2) is 13.9 Å². The van der Waals surface area contributed by atoms with Crippen LogP contribution in [-0.2, 0) is 6.54 Å². The summed E-state index contributed by atoms with van der Waals surface area (Å²) in [6.07, 6.45) is 2.90. The molecule has 1 atom stereocenters. The molecule has 0 unspecified atom stereocenters. The zero-order chi connectivity index (χ0) is 24.5. The Balaban J connectivity index is 1.66. The van der Waals surface area contributed by atoms with E-state index in [9.17, 15) is 9.18 Å². The monoisotopic (exact) mass is 471 g/mol. The van der Waals surface area contributed by atoms with Gasteiger partial charge < -0.3 is 14.8 Å². The van der Waals surface area contributed by atoms with Gasteiger partial charge in [0, 0.05) is 18.3 Å². The number of urea groups is 1. The number of benzene rings is 2. The molecule has 0 bridgehead atoms. The maximum atomic E-state index is 13.8. The smallest absolute Gasteiger partial charge is 0.318 e. The van der Waals surface area contributed by atoms with E-state index < -0.39 is 0 Å². The summed E-state index contributed by atoms with van der Waals surface area (Å²) >= 11 is 0. The molecule has 0 radical (unpaired) electrons. The molecule has 4 aromatic rings. The Kier molecular flexibility index (Phi) is 6.16. The van der Waals surface area contributed by atoms with E-state index in [1.165, 1.54) is 12.1 Å². The van der Waals surface area contributed by atoms with Gasteiger partial charge in [-0.1, -0.05) is 44.2 Å². The van der Waals surface area contributed by atoms with Crippen molar-refractivity contribution in [2.45, 2.75) is 39.8 Å². The van der Waals surface area contributed by atoms with Crippen LogP contribution in [-0.4, -0.2) is 31.8 Å². The van der Waals surface area contributed by atoms with E-state index in [0.29, 0.717) is 19.0 Å². The van der Waals surface area contributed by atoms with E-state index >= 15 is 0 Å². The second-order valence-corrected chi connectivity index (χ2v) is 9.43. The topological polar surface area (TPSA) is 55.1 Å². The highest BCUT2D eigenvalue weighted by atomic mass is 19.1. The maximum absolute atomic E-state index is 13.8. The Hall–Kier alpha value is -3.87. The molecular formula is C28H30FN5O. The Morgan fingerprint density at radius 3 is 2.54 bits per heavy atom. The fraction of sp³-hybridized carbons (Fsp3) is 0.286. The van der Waals surface area contributed by atoms with Crippen molar-refractivity contribution in [2.75, 3.05) is 6.54 Å². The van der Waals surface area contributed by atoms with Crippen molar-refractivity contribution >= 4 is 6.03 Å². The average Bonchev–Trinajstić information content (AvgIpc) is 3.41. The van der Waals surface area contributed by atoms with E-state index in [1.807, 2.05) is 65.2 Å². The molecule has 3 heterocycles. The summed E-state index contributed by atoms with van der Waals surface area (Å²) in [7, 11) is 0. The number of nitrogens with zero attached hydrogens (tertiary/aromatic N) is 4. The number of para-hydroxylation sites is 1. The Labute approximate surface area is 205 Å². The van der Waals surface area contributed by atoms with Crippen molar-refractivity contribution in [2.24, 2.45) is 5.92 Å². The zero-order valence-corrected chi connectivity index (χ0v) is 20.3. The second kappa shape index (κ2) is 9.41. The lowest BCUT2D eigenvalue weighted by atomic mass is 10.0. The number of amides is 2. The molecular weight excluding hydrogens is 441 g/mol. The largest absolute Gasteiger partial charge is 0.338 e. The fourth-order valence-electron chi connectivity index (χ4n) is 4.71. The normalized spacial score (nSPS) is 15.0. The van der Waals surface area contributed by atoms with Crippen molar-refractivity contribution < 1.29 is 9.18 Å². The Bertz CT molecular complexity index is 1320. The maximum Gasteiger partial charge on any atom is 0.318 e. The first-order chi connectivity index (χ1) is 16.9. The quantitative estimate of drug-likeness (QED) is 0.402. The molecule has 0 saturated carbocycles. The van der Waals surface area contributed by atoms with Gasteiger partial charge >= 0.3 is 6.03 Å². The van der Waals surface area contributed by atoms with Crippen molar-refractivity contribution in [3.05, 3.63) is 101 Å². The van der Waals surface area contributed by atoms with Gasteiger partial charge in [0.2, 0.25) is 0 Å². The first-order valence-electron chi connectivity index (χ1n) is 12.1. The van der Waals surface area contributed by atoms with Crippen LogP contribution in [0.25, 0.3) is 11.5 Å². The molecule has 0 fully saturated rings. The van der Waals surface area contributed by atoms with Crippen molar-refractivity contribution in [1.29, 1.82) is 0 Å². The van der Waals surface area contributed by atoms with Gasteiger partial charge in [-0.05, 0) is 61.2 Å².